The molecule has 82 valence electrons. The molecule has 1 nitrogen and oxygen atoms in total. The molecule has 1 aliphatic rings. The lowest BCUT2D eigenvalue weighted by atomic mass is 9.89. The molecule has 0 saturated heterocycles. The summed E-state index contributed by atoms with van der Waals surface area (Å²) in [4.78, 5) is 0. The summed E-state index contributed by atoms with van der Waals surface area (Å²) in [5, 5.41) is 9.24. The Morgan fingerprint density at radius 3 is 2.40 bits per heavy atom. The number of halogens is 1. The predicted octanol–water partition coefficient (Wildman–Crippen LogP) is 3.09. The molecule has 0 aliphatic heterocycles. The molecule has 0 radical (unpaired) electrons. The number of hydrogen-bond acceptors (Lipinski definition) is 1. The molecule has 0 spiro atoms. The van der Waals surface area contributed by atoms with Crippen LogP contribution in [0.2, 0.25) is 0 Å². The number of benzene rings is 1. The highest BCUT2D eigenvalue weighted by Gasteiger charge is 2.42. The fourth-order valence-corrected chi connectivity index (χ4v) is 2.16. The van der Waals surface area contributed by atoms with E-state index in [-0.39, 0.29) is 11.2 Å². The van der Waals surface area contributed by atoms with Crippen molar-refractivity contribution in [2.24, 2.45) is 5.41 Å². The van der Waals surface area contributed by atoms with E-state index in [1.165, 1.54) is 12.1 Å². The summed E-state index contributed by atoms with van der Waals surface area (Å²) in [6.07, 6.45) is 3.28. The second-order valence-corrected chi connectivity index (χ2v) is 4.81. The molecule has 0 heterocycles. The highest BCUT2D eigenvalue weighted by molar-refractivity contribution is 5.20. The lowest BCUT2D eigenvalue weighted by molar-refractivity contribution is 0.197. The average molecular weight is 208 g/mol. The fourth-order valence-electron chi connectivity index (χ4n) is 2.16. The molecule has 1 fully saturated rings. The van der Waals surface area contributed by atoms with Crippen LogP contribution in [0.5, 0.6) is 0 Å². The van der Waals surface area contributed by atoms with Crippen molar-refractivity contribution in [1.82, 2.24) is 0 Å². The van der Waals surface area contributed by atoms with Gasteiger partial charge in [-0.15, -0.1) is 0 Å². The van der Waals surface area contributed by atoms with E-state index >= 15 is 0 Å². The summed E-state index contributed by atoms with van der Waals surface area (Å²) in [5.74, 6) is 0.217. The average Bonchev–Trinajstić information content (AvgIpc) is 2.99. The zero-order valence-electron chi connectivity index (χ0n) is 9.04. The molecule has 1 unspecified atom stereocenters. The van der Waals surface area contributed by atoms with Crippen molar-refractivity contribution >= 4 is 0 Å². The molecule has 1 saturated carbocycles. The second-order valence-electron chi connectivity index (χ2n) is 4.81. The molecule has 2 rings (SSSR count). The van der Waals surface area contributed by atoms with Crippen LogP contribution in [0.1, 0.15) is 37.7 Å². The number of hydrogen-bond donors (Lipinski definition) is 1. The van der Waals surface area contributed by atoms with E-state index in [9.17, 15) is 9.50 Å². The number of aliphatic hydroxyl groups is 1. The van der Waals surface area contributed by atoms with Crippen molar-refractivity contribution in [3.8, 4) is 0 Å². The van der Waals surface area contributed by atoms with E-state index in [0.717, 1.165) is 24.8 Å². The minimum atomic E-state index is -0.186. The normalized spacial score (nSPS) is 19.9. The van der Waals surface area contributed by atoms with Gasteiger partial charge in [0.25, 0.3) is 0 Å². The molecule has 1 N–H and O–H groups in total. The largest absolute Gasteiger partial charge is 0.396 e. The first-order valence-electron chi connectivity index (χ1n) is 5.52. The van der Waals surface area contributed by atoms with Gasteiger partial charge < -0.3 is 5.11 Å². The molecule has 1 aromatic rings. The summed E-state index contributed by atoms with van der Waals surface area (Å²) in [7, 11) is 0. The maximum absolute atomic E-state index is 12.7. The zero-order valence-corrected chi connectivity index (χ0v) is 9.04. The molecular weight excluding hydrogens is 191 g/mol. The first-order chi connectivity index (χ1) is 7.15. The minimum absolute atomic E-state index is 0.174. The summed E-state index contributed by atoms with van der Waals surface area (Å²) in [5.41, 5.74) is 1.34. The first-order valence-corrected chi connectivity index (χ1v) is 5.52. The maximum Gasteiger partial charge on any atom is 0.123 e. The molecule has 2 heteroatoms. The maximum atomic E-state index is 12.7. The third-order valence-electron chi connectivity index (χ3n) is 3.47. The van der Waals surface area contributed by atoms with Crippen LogP contribution in [0.3, 0.4) is 0 Å². The lowest BCUT2D eigenvalue weighted by Gasteiger charge is -2.18. The predicted molar refractivity (Wildman–Crippen MR) is 58.2 cm³/mol. The van der Waals surface area contributed by atoms with Gasteiger partial charge in [-0.1, -0.05) is 19.1 Å². The third-order valence-corrected chi connectivity index (χ3v) is 3.47. The van der Waals surface area contributed by atoms with E-state index in [4.69, 9.17) is 0 Å². The van der Waals surface area contributed by atoms with Crippen molar-refractivity contribution < 1.29 is 9.50 Å². The monoisotopic (exact) mass is 208 g/mol. The number of aliphatic hydroxyl groups excluding tert-OH is 1. The smallest absolute Gasteiger partial charge is 0.123 e. The van der Waals surface area contributed by atoms with Crippen LogP contribution >= 0.6 is 0 Å². The second kappa shape index (κ2) is 3.93. The van der Waals surface area contributed by atoms with Crippen molar-refractivity contribution in [3.63, 3.8) is 0 Å². The molecule has 1 aromatic carbocycles. The molecule has 0 bridgehead atoms. The zero-order chi connectivity index (χ0) is 10.9. The van der Waals surface area contributed by atoms with Crippen molar-refractivity contribution in [2.45, 2.75) is 32.1 Å². The van der Waals surface area contributed by atoms with E-state index in [0.29, 0.717) is 12.5 Å². The Hall–Kier alpha value is -0.890. The molecule has 15 heavy (non-hydrogen) atoms. The summed E-state index contributed by atoms with van der Waals surface area (Å²) >= 11 is 0. The Kier molecular flexibility index (Phi) is 2.79. The Balaban J connectivity index is 2.01. The van der Waals surface area contributed by atoms with Crippen LogP contribution in [-0.4, -0.2) is 11.7 Å². The van der Waals surface area contributed by atoms with Gasteiger partial charge in [-0.2, -0.15) is 0 Å². The molecule has 1 atom stereocenters. The van der Waals surface area contributed by atoms with Crippen LogP contribution in [0.25, 0.3) is 0 Å². The molecule has 1 aliphatic carbocycles. The highest BCUT2D eigenvalue weighted by Crippen LogP contribution is 2.51. The van der Waals surface area contributed by atoms with Gasteiger partial charge in [-0.05, 0) is 48.3 Å². The third kappa shape index (κ3) is 2.37. The van der Waals surface area contributed by atoms with Crippen LogP contribution < -0.4 is 0 Å². The topological polar surface area (TPSA) is 20.2 Å². The van der Waals surface area contributed by atoms with Crippen molar-refractivity contribution in [1.29, 1.82) is 0 Å². The molecule has 0 aromatic heterocycles. The Morgan fingerprint density at radius 2 is 1.93 bits per heavy atom. The summed E-state index contributed by atoms with van der Waals surface area (Å²) < 4.78 is 12.7. The standard InChI is InChI=1S/C13H17FO/c1-10(8-13(9-15)6-7-13)11-2-4-12(14)5-3-11/h2-5,10,15H,6-9H2,1H3. The van der Waals surface area contributed by atoms with Gasteiger partial charge in [0.2, 0.25) is 0 Å². The van der Waals surface area contributed by atoms with Crippen LogP contribution in [0.4, 0.5) is 4.39 Å². The van der Waals surface area contributed by atoms with Crippen molar-refractivity contribution in [2.75, 3.05) is 6.61 Å². The molecule has 0 amide bonds. The Bertz CT molecular complexity index is 327. The lowest BCUT2D eigenvalue weighted by Crippen LogP contribution is -2.10. The van der Waals surface area contributed by atoms with E-state index in [1.54, 1.807) is 0 Å². The van der Waals surface area contributed by atoms with E-state index < -0.39 is 0 Å². The summed E-state index contributed by atoms with van der Waals surface area (Å²) in [6, 6.07) is 6.69. The van der Waals surface area contributed by atoms with E-state index in [1.807, 2.05) is 12.1 Å². The van der Waals surface area contributed by atoms with Crippen LogP contribution in [0.15, 0.2) is 24.3 Å². The van der Waals surface area contributed by atoms with Gasteiger partial charge >= 0.3 is 0 Å². The van der Waals surface area contributed by atoms with Gasteiger partial charge in [-0.25, -0.2) is 4.39 Å². The van der Waals surface area contributed by atoms with Crippen LogP contribution in [-0.2, 0) is 0 Å². The van der Waals surface area contributed by atoms with Gasteiger partial charge in [0.05, 0.1) is 0 Å². The van der Waals surface area contributed by atoms with Crippen LogP contribution in [0, 0.1) is 11.2 Å². The van der Waals surface area contributed by atoms with Gasteiger partial charge in [-0.3, -0.25) is 0 Å². The Labute approximate surface area is 89.9 Å². The van der Waals surface area contributed by atoms with Crippen molar-refractivity contribution in [3.05, 3.63) is 35.6 Å². The fraction of sp³-hybridized carbons (Fsp3) is 0.538. The summed E-state index contributed by atoms with van der Waals surface area (Å²) in [6.45, 7) is 2.43. The number of rotatable bonds is 4. The van der Waals surface area contributed by atoms with Gasteiger partial charge in [0.15, 0.2) is 0 Å². The van der Waals surface area contributed by atoms with Gasteiger partial charge in [0, 0.05) is 6.61 Å². The van der Waals surface area contributed by atoms with E-state index in [2.05, 4.69) is 6.92 Å². The SMILES string of the molecule is CC(CC1(CO)CC1)c1ccc(F)cc1. The first kappa shape index (κ1) is 10.6. The highest BCUT2D eigenvalue weighted by atomic mass is 19.1. The molecular formula is C13H17FO. The van der Waals surface area contributed by atoms with Gasteiger partial charge in [0.1, 0.15) is 5.82 Å². The quantitative estimate of drug-likeness (QED) is 0.806. The Morgan fingerprint density at radius 1 is 1.33 bits per heavy atom. The minimum Gasteiger partial charge on any atom is -0.396 e.